The highest BCUT2D eigenvalue weighted by Gasteiger charge is 2.18. The van der Waals surface area contributed by atoms with Gasteiger partial charge in [-0.05, 0) is 37.2 Å². The van der Waals surface area contributed by atoms with Crippen molar-refractivity contribution >= 4 is 23.8 Å². The molecule has 1 aromatic carbocycles. The number of hydrogen-bond acceptors (Lipinski definition) is 5. The van der Waals surface area contributed by atoms with E-state index in [1.807, 2.05) is 26.1 Å². The fourth-order valence-corrected chi connectivity index (χ4v) is 3.29. The molecule has 0 bridgehead atoms. The topological polar surface area (TPSA) is 67.5 Å². The molecule has 0 amide bonds. The number of nitrogens with zero attached hydrogens (tertiary/aromatic N) is 2. The van der Waals surface area contributed by atoms with Crippen molar-refractivity contribution in [3.63, 3.8) is 0 Å². The molecule has 0 spiro atoms. The van der Waals surface area contributed by atoms with E-state index >= 15 is 0 Å². The number of hydrogen-bond donors (Lipinski definition) is 1. The summed E-state index contributed by atoms with van der Waals surface area (Å²) in [5.74, 6) is 1.65. The molecule has 0 aliphatic carbocycles. The molecule has 1 aliphatic heterocycles. The van der Waals surface area contributed by atoms with E-state index in [4.69, 9.17) is 21.1 Å². The maximum Gasteiger partial charge on any atom is 0.255 e. The molecule has 0 atom stereocenters. The monoisotopic (exact) mass is 389 g/mol. The van der Waals surface area contributed by atoms with E-state index in [2.05, 4.69) is 14.9 Å². The number of ether oxygens (including phenoxy) is 2. The molecule has 3 rings (SSSR count). The molecule has 27 heavy (non-hydrogen) atoms. The first-order valence-corrected chi connectivity index (χ1v) is 9.38. The summed E-state index contributed by atoms with van der Waals surface area (Å²) in [4.78, 5) is 21.9. The fraction of sp³-hybridized carbons (Fsp3) is 0.400. The average molecular weight is 390 g/mol. The Morgan fingerprint density at radius 3 is 2.93 bits per heavy atom. The fourth-order valence-electron chi connectivity index (χ4n) is 3.01. The highest BCUT2D eigenvalue weighted by molar-refractivity contribution is 6.32. The Kier molecular flexibility index (Phi) is 6.19. The van der Waals surface area contributed by atoms with E-state index in [0.29, 0.717) is 35.5 Å². The standard InChI is InChI=1S/C20H24ClN3O3/c1-4-9-27-19-15(21)10-13(11-17(19)26-3)5-6-18-22-16-7-8-24(2)12-14(16)20(25)23-18/h5-6,10-11H,4,7-9,12H2,1-3H3,(H,22,23,25). The first-order valence-electron chi connectivity index (χ1n) is 9.00. The average Bonchev–Trinajstić information content (AvgIpc) is 2.65. The molecular weight excluding hydrogens is 366 g/mol. The van der Waals surface area contributed by atoms with Gasteiger partial charge < -0.3 is 19.4 Å². The molecule has 1 aliphatic rings. The lowest BCUT2D eigenvalue weighted by Crippen LogP contribution is -2.33. The van der Waals surface area contributed by atoms with Gasteiger partial charge in [0, 0.05) is 19.5 Å². The van der Waals surface area contributed by atoms with Gasteiger partial charge >= 0.3 is 0 Å². The zero-order chi connectivity index (χ0) is 19.4. The number of H-pyrrole nitrogens is 1. The van der Waals surface area contributed by atoms with Crippen LogP contribution in [0.2, 0.25) is 5.02 Å². The minimum atomic E-state index is -0.0786. The molecule has 2 aromatic rings. The number of nitrogens with one attached hydrogen (secondary N) is 1. The lowest BCUT2D eigenvalue weighted by Gasteiger charge is -2.23. The number of aromatic nitrogens is 2. The first-order chi connectivity index (χ1) is 13.0. The van der Waals surface area contributed by atoms with Crippen LogP contribution in [0.3, 0.4) is 0 Å². The number of methoxy groups -OCH3 is 1. The van der Waals surface area contributed by atoms with Crippen molar-refractivity contribution in [1.29, 1.82) is 0 Å². The Morgan fingerprint density at radius 1 is 1.37 bits per heavy atom. The Morgan fingerprint density at radius 2 is 2.19 bits per heavy atom. The van der Waals surface area contributed by atoms with Crippen LogP contribution in [0.4, 0.5) is 0 Å². The summed E-state index contributed by atoms with van der Waals surface area (Å²) >= 11 is 6.35. The second-order valence-corrected chi connectivity index (χ2v) is 6.99. The molecule has 1 aromatic heterocycles. The number of rotatable bonds is 6. The van der Waals surface area contributed by atoms with Gasteiger partial charge in [-0.25, -0.2) is 4.98 Å². The zero-order valence-corrected chi connectivity index (χ0v) is 16.6. The third-order valence-electron chi connectivity index (χ3n) is 4.41. The Balaban J connectivity index is 1.87. The minimum absolute atomic E-state index is 0.0786. The zero-order valence-electron chi connectivity index (χ0n) is 15.8. The van der Waals surface area contributed by atoms with Crippen LogP contribution < -0.4 is 15.0 Å². The van der Waals surface area contributed by atoms with Crippen LogP contribution in [0.5, 0.6) is 11.5 Å². The summed E-state index contributed by atoms with van der Waals surface area (Å²) in [7, 11) is 3.58. The predicted molar refractivity (Wildman–Crippen MR) is 108 cm³/mol. The van der Waals surface area contributed by atoms with E-state index in [0.717, 1.165) is 36.2 Å². The molecule has 0 saturated carbocycles. The first kappa shape index (κ1) is 19.5. The van der Waals surface area contributed by atoms with Crippen molar-refractivity contribution in [3.8, 4) is 11.5 Å². The Labute approximate surface area is 163 Å². The molecule has 0 fully saturated rings. The van der Waals surface area contributed by atoms with E-state index in [9.17, 15) is 4.79 Å². The van der Waals surface area contributed by atoms with E-state index in [-0.39, 0.29) is 5.56 Å². The van der Waals surface area contributed by atoms with Gasteiger partial charge in [-0.1, -0.05) is 24.6 Å². The molecule has 7 heteroatoms. The van der Waals surface area contributed by atoms with Crippen LogP contribution in [-0.4, -0.2) is 42.2 Å². The number of halogens is 1. The van der Waals surface area contributed by atoms with Gasteiger partial charge in [0.25, 0.3) is 5.56 Å². The maximum absolute atomic E-state index is 12.3. The maximum atomic E-state index is 12.3. The van der Waals surface area contributed by atoms with E-state index in [1.54, 1.807) is 19.3 Å². The number of benzene rings is 1. The number of aromatic amines is 1. The van der Waals surface area contributed by atoms with Gasteiger partial charge in [0.05, 0.1) is 30.0 Å². The third-order valence-corrected chi connectivity index (χ3v) is 4.69. The summed E-state index contributed by atoms with van der Waals surface area (Å²) in [6, 6.07) is 3.65. The second kappa shape index (κ2) is 8.59. The van der Waals surface area contributed by atoms with Gasteiger partial charge in [0.1, 0.15) is 5.82 Å². The lowest BCUT2D eigenvalue weighted by molar-refractivity contribution is 0.294. The van der Waals surface area contributed by atoms with Crippen LogP contribution in [-0.2, 0) is 13.0 Å². The van der Waals surface area contributed by atoms with Crippen molar-refractivity contribution in [1.82, 2.24) is 14.9 Å². The van der Waals surface area contributed by atoms with E-state index in [1.165, 1.54) is 0 Å². The van der Waals surface area contributed by atoms with Crippen LogP contribution in [0.25, 0.3) is 12.2 Å². The third kappa shape index (κ3) is 4.51. The Hall–Kier alpha value is -2.31. The van der Waals surface area contributed by atoms with Gasteiger partial charge in [0.15, 0.2) is 11.5 Å². The summed E-state index contributed by atoms with van der Waals surface area (Å²) in [5.41, 5.74) is 2.38. The van der Waals surface area contributed by atoms with Crippen molar-refractivity contribution in [2.45, 2.75) is 26.3 Å². The van der Waals surface area contributed by atoms with E-state index < -0.39 is 0 Å². The van der Waals surface area contributed by atoms with Gasteiger partial charge in [-0.3, -0.25) is 4.79 Å². The summed E-state index contributed by atoms with van der Waals surface area (Å²) in [6.45, 7) is 4.13. The SMILES string of the molecule is CCCOc1c(Cl)cc(C=Cc2nc3c(c(=O)[nH]2)CN(C)CC3)cc1OC. The normalized spacial score (nSPS) is 14.4. The van der Waals surface area contributed by atoms with Crippen molar-refractivity contribution in [2.24, 2.45) is 0 Å². The largest absolute Gasteiger partial charge is 0.493 e. The molecule has 1 N–H and O–H groups in total. The van der Waals surface area contributed by atoms with Crippen molar-refractivity contribution in [3.05, 3.63) is 50.2 Å². The number of fused-ring (bicyclic) bond motifs is 1. The molecule has 2 heterocycles. The lowest BCUT2D eigenvalue weighted by atomic mass is 10.1. The highest BCUT2D eigenvalue weighted by atomic mass is 35.5. The van der Waals surface area contributed by atoms with Crippen LogP contribution in [0.15, 0.2) is 16.9 Å². The highest BCUT2D eigenvalue weighted by Crippen LogP contribution is 2.37. The predicted octanol–water partition coefficient (Wildman–Crippen LogP) is 3.38. The minimum Gasteiger partial charge on any atom is -0.493 e. The molecule has 144 valence electrons. The van der Waals surface area contributed by atoms with Crippen LogP contribution >= 0.6 is 11.6 Å². The quantitative estimate of drug-likeness (QED) is 0.820. The smallest absolute Gasteiger partial charge is 0.255 e. The summed E-state index contributed by atoms with van der Waals surface area (Å²) in [5, 5.41) is 0.484. The van der Waals surface area contributed by atoms with Crippen LogP contribution in [0, 0.1) is 0 Å². The Bertz CT molecular complexity index is 908. The molecule has 0 saturated heterocycles. The number of likely N-dealkylation sites (N-methyl/N-ethyl adjacent to an activating group) is 1. The van der Waals surface area contributed by atoms with Gasteiger partial charge in [-0.2, -0.15) is 0 Å². The molecular formula is C20H24ClN3O3. The summed E-state index contributed by atoms with van der Waals surface area (Å²) < 4.78 is 11.1. The van der Waals surface area contributed by atoms with Gasteiger partial charge in [0.2, 0.25) is 0 Å². The summed E-state index contributed by atoms with van der Waals surface area (Å²) in [6.07, 6.45) is 5.28. The second-order valence-electron chi connectivity index (χ2n) is 6.58. The van der Waals surface area contributed by atoms with Crippen molar-refractivity contribution < 1.29 is 9.47 Å². The van der Waals surface area contributed by atoms with Gasteiger partial charge in [-0.15, -0.1) is 0 Å². The van der Waals surface area contributed by atoms with Crippen molar-refractivity contribution in [2.75, 3.05) is 27.3 Å². The molecule has 0 unspecified atom stereocenters. The molecule has 6 nitrogen and oxygen atoms in total. The van der Waals surface area contributed by atoms with Crippen LogP contribution in [0.1, 0.15) is 36.0 Å². The molecule has 0 radical (unpaired) electrons.